The molecule has 1 aromatic rings. The highest BCUT2D eigenvalue weighted by Crippen LogP contribution is 2.22. The first-order chi connectivity index (χ1) is 9.58. The van der Waals surface area contributed by atoms with Crippen LogP contribution in [-0.2, 0) is 0 Å². The molecule has 7 heteroatoms. The van der Waals surface area contributed by atoms with Gasteiger partial charge in [0.2, 0.25) is 0 Å². The number of piperidine rings is 1. The maximum Gasteiger partial charge on any atom is 0.282 e. The van der Waals surface area contributed by atoms with E-state index in [1.54, 1.807) is 0 Å². The highest BCUT2D eigenvalue weighted by atomic mass is 35.5. The summed E-state index contributed by atoms with van der Waals surface area (Å²) in [5.74, 6) is -0.466. The van der Waals surface area contributed by atoms with Gasteiger partial charge >= 0.3 is 0 Å². The standard InChI is InChI=1S/C13H16ClN3O3/c14-9-4-5-12(17(19)20)11(7-9)13(18)16-8-10-3-1-2-6-15-10/h4-5,7,10,15H,1-3,6,8H2,(H,16,18). The molecule has 1 aliphatic heterocycles. The molecule has 0 aromatic heterocycles. The number of nitro groups is 1. The molecule has 20 heavy (non-hydrogen) atoms. The maximum absolute atomic E-state index is 12.1. The van der Waals surface area contributed by atoms with Crippen molar-refractivity contribution in [3.63, 3.8) is 0 Å². The third-order valence-corrected chi connectivity index (χ3v) is 3.56. The van der Waals surface area contributed by atoms with E-state index in [4.69, 9.17) is 11.6 Å². The summed E-state index contributed by atoms with van der Waals surface area (Å²) in [5, 5.41) is 17.2. The Kier molecular flexibility index (Phi) is 4.92. The van der Waals surface area contributed by atoms with Crippen LogP contribution in [0.25, 0.3) is 0 Å². The zero-order chi connectivity index (χ0) is 14.5. The molecule has 1 heterocycles. The maximum atomic E-state index is 12.1. The molecule has 1 saturated heterocycles. The number of nitrogens with zero attached hydrogens (tertiary/aromatic N) is 1. The van der Waals surface area contributed by atoms with Gasteiger partial charge in [-0.2, -0.15) is 0 Å². The molecule has 1 aromatic carbocycles. The van der Waals surface area contributed by atoms with Crippen molar-refractivity contribution in [2.24, 2.45) is 0 Å². The predicted molar refractivity (Wildman–Crippen MR) is 76.1 cm³/mol. The fraction of sp³-hybridized carbons (Fsp3) is 0.462. The highest BCUT2D eigenvalue weighted by Gasteiger charge is 2.21. The molecule has 0 spiro atoms. The second-order valence-corrected chi connectivity index (χ2v) is 5.21. The first-order valence-electron chi connectivity index (χ1n) is 6.53. The van der Waals surface area contributed by atoms with Gasteiger partial charge in [-0.1, -0.05) is 18.0 Å². The smallest absolute Gasteiger partial charge is 0.282 e. The molecular formula is C13H16ClN3O3. The normalized spacial score (nSPS) is 18.6. The van der Waals surface area contributed by atoms with Gasteiger partial charge in [0.1, 0.15) is 5.56 Å². The SMILES string of the molecule is O=C(NCC1CCCCN1)c1cc(Cl)ccc1[N+](=O)[O-]. The van der Waals surface area contributed by atoms with E-state index in [9.17, 15) is 14.9 Å². The van der Waals surface area contributed by atoms with Crippen LogP contribution in [0.1, 0.15) is 29.6 Å². The van der Waals surface area contributed by atoms with Gasteiger partial charge in [-0.15, -0.1) is 0 Å². The topological polar surface area (TPSA) is 84.3 Å². The van der Waals surface area contributed by atoms with E-state index >= 15 is 0 Å². The Morgan fingerprint density at radius 2 is 2.30 bits per heavy atom. The minimum Gasteiger partial charge on any atom is -0.350 e. The van der Waals surface area contributed by atoms with Gasteiger partial charge in [-0.05, 0) is 31.5 Å². The Labute approximate surface area is 121 Å². The van der Waals surface area contributed by atoms with E-state index < -0.39 is 10.8 Å². The van der Waals surface area contributed by atoms with Crippen molar-refractivity contribution in [1.29, 1.82) is 0 Å². The second kappa shape index (κ2) is 6.67. The number of nitro benzene ring substituents is 1. The largest absolute Gasteiger partial charge is 0.350 e. The van der Waals surface area contributed by atoms with E-state index in [0.29, 0.717) is 11.6 Å². The van der Waals surface area contributed by atoms with Gasteiger partial charge in [0, 0.05) is 23.7 Å². The molecule has 1 fully saturated rings. The monoisotopic (exact) mass is 297 g/mol. The van der Waals surface area contributed by atoms with E-state index in [2.05, 4.69) is 10.6 Å². The molecule has 1 unspecified atom stereocenters. The minimum absolute atomic E-state index is 0.00157. The van der Waals surface area contributed by atoms with Crippen molar-refractivity contribution < 1.29 is 9.72 Å². The number of rotatable bonds is 4. The number of carbonyl (C=O) groups is 1. The van der Waals surface area contributed by atoms with Crippen molar-refractivity contribution in [1.82, 2.24) is 10.6 Å². The molecule has 0 aliphatic carbocycles. The van der Waals surface area contributed by atoms with Crippen LogP contribution >= 0.6 is 11.6 Å². The zero-order valence-electron chi connectivity index (χ0n) is 10.9. The quantitative estimate of drug-likeness (QED) is 0.658. The van der Waals surface area contributed by atoms with Crippen molar-refractivity contribution >= 4 is 23.2 Å². The summed E-state index contributed by atoms with van der Waals surface area (Å²) in [5.41, 5.74) is -0.234. The molecule has 0 radical (unpaired) electrons. The van der Waals surface area contributed by atoms with E-state index in [0.717, 1.165) is 25.8 Å². The second-order valence-electron chi connectivity index (χ2n) is 4.78. The molecule has 1 atom stereocenters. The minimum atomic E-state index is -0.579. The summed E-state index contributed by atoms with van der Waals surface area (Å²) in [7, 11) is 0. The van der Waals surface area contributed by atoms with Gasteiger partial charge in [-0.25, -0.2) is 0 Å². The summed E-state index contributed by atoms with van der Waals surface area (Å²) in [6.07, 6.45) is 3.27. The number of carbonyl (C=O) groups excluding carboxylic acids is 1. The van der Waals surface area contributed by atoms with Crippen molar-refractivity contribution in [3.05, 3.63) is 38.9 Å². The lowest BCUT2D eigenvalue weighted by Crippen LogP contribution is -2.43. The predicted octanol–water partition coefficient (Wildman–Crippen LogP) is 2.12. The molecule has 1 amide bonds. The molecular weight excluding hydrogens is 282 g/mol. The summed E-state index contributed by atoms with van der Waals surface area (Å²) in [6, 6.07) is 4.20. The molecule has 0 bridgehead atoms. The van der Waals surface area contributed by atoms with Crippen LogP contribution in [0.15, 0.2) is 18.2 Å². The van der Waals surface area contributed by atoms with Crippen LogP contribution in [-0.4, -0.2) is 30.0 Å². The lowest BCUT2D eigenvalue weighted by atomic mass is 10.0. The summed E-state index contributed by atoms with van der Waals surface area (Å²) < 4.78 is 0. The Balaban J connectivity index is 2.04. The lowest BCUT2D eigenvalue weighted by Gasteiger charge is -2.23. The summed E-state index contributed by atoms with van der Waals surface area (Å²) >= 11 is 5.80. The number of nitrogens with one attached hydrogen (secondary N) is 2. The van der Waals surface area contributed by atoms with Crippen molar-refractivity contribution in [2.75, 3.05) is 13.1 Å². The number of amides is 1. The van der Waals surface area contributed by atoms with Gasteiger partial charge in [0.15, 0.2) is 0 Å². The Morgan fingerprint density at radius 3 is 2.95 bits per heavy atom. The number of hydrogen-bond donors (Lipinski definition) is 2. The average Bonchev–Trinajstić information content (AvgIpc) is 2.45. The first kappa shape index (κ1) is 14.7. The number of halogens is 1. The number of hydrogen-bond acceptors (Lipinski definition) is 4. The van der Waals surface area contributed by atoms with Crippen LogP contribution in [0.4, 0.5) is 5.69 Å². The van der Waals surface area contributed by atoms with E-state index in [1.807, 2.05) is 0 Å². The van der Waals surface area contributed by atoms with Crippen LogP contribution in [0.3, 0.4) is 0 Å². The first-order valence-corrected chi connectivity index (χ1v) is 6.91. The Morgan fingerprint density at radius 1 is 1.50 bits per heavy atom. The molecule has 2 N–H and O–H groups in total. The molecule has 6 nitrogen and oxygen atoms in total. The van der Waals surface area contributed by atoms with Crippen molar-refractivity contribution in [3.8, 4) is 0 Å². The molecule has 108 valence electrons. The summed E-state index contributed by atoms with van der Waals surface area (Å²) in [6.45, 7) is 1.40. The Bertz CT molecular complexity index is 516. The van der Waals surface area contributed by atoms with Crippen molar-refractivity contribution in [2.45, 2.75) is 25.3 Å². The fourth-order valence-electron chi connectivity index (χ4n) is 2.26. The van der Waals surface area contributed by atoms with Gasteiger partial charge < -0.3 is 10.6 Å². The van der Waals surface area contributed by atoms with E-state index in [-0.39, 0.29) is 17.3 Å². The average molecular weight is 298 g/mol. The third kappa shape index (κ3) is 3.68. The Hall–Kier alpha value is -1.66. The number of benzene rings is 1. The molecule has 0 saturated carbocycles. The van der Waals surface area contributed by atoms with Crippen LogP contribution < -0.4 is 10.6 Å². The highest BCUT2D eigenvalue weighted by molar-refractivity contribution is 6.31. The third-order valence-electron chi connectivity index (χ3n) is 3.32. The van der Waals surface area contributed by atoms with Gasteiger partial charge in [-0.3, -0.25) is 14.9 Å². The van der Waals surface area contributed by atoms with Crippen LogP contribution in [0, 0.1) is 10.1 Å². The fourth-order valence-corrected chi connectivity index (χ4v) is 2.43. The molecule has 2 rings (SSSR count). The molecule has 1 aliphatic rings. The lowest BCUT2D eigenvalue weighted by molar-refractivity contribution is -0.385. The van der Waals surface area contributed by atoms with E-state index in [1.165, 1.54) is 18.2 Å². The van der Waals surface area contributed by atoms with Gasteiger partial charge in [0.05, 0.1) is 4.92 Å². The summed E-state index contributed by atoms with van der Waals surface area (Å²) in [4.78, 5) is 22.4. The van der Waals surface area contributed by atoms with Crippen LogP contribution in [0.2, 0.25) is 5.02 Å². The van der Waals surface area contributed by atoms with Gasteiger partial charge in [0.25, 0.3) is 11.6 Å². The zero-order valence-corrected chi connectivity index (χ0v) is 11.7. The van der Waals surface area contributed by atoms with Crippen LogP contribution in [0.5, 0.6) is 0 Å².